The molecule has 9 nitrogen and oxygen atoms in total. The van der Waals surface area contributed by atoms with Gasteiger partial charge in [-0.3, -0.25) is 14.2 Å². The van der Waals surface area contributed by atoms with Gasteiger partial charge in [-0.2, -0.15) is 0 Å². The summed E-state index contributed by atoms with van der Waals surface area (Å²) in [5.41, 5.74) is 3.68. The van der Waals surface area contributed by atoms with Gasteiger partial charge in [0.2, 0.25) is 0 Å². The fourth-order valence-electron chi connectivity index (χ4n) is 4.79. The first-order valence-corrected chi connectivity index (χ1v) is 14.4. The Morgan fingerprint density at radius 3 is 2.64 bits per heavy atom. The number of aliphatic hydroxyl groups excluding tert-OH is 1. The van der Waals surface area contributed by atoms with Crippen LogP contribution in [0.15, 0.2) is 82.4 Å². The van der Waals surface area contributed by atoms with Crippen LogP contribution in [0, 0.1) is 0 Å². The van der Waals surface area contributed by atoms with Gasteiger partial charge in [-0.05, 0) is 81.2 Å². The van der Waals surface area contributed by atoms with Crippen molar-refractivity contribution in [1.29, 1.82) is 0 Å². The van der Waals surface area contributed by atoms with Gasteiger partial charge < -0.3 is 14.7 Å². The van der Waals surface area contributed by atoms with Crippen LogP contribution < -0.4 is 5.56 Å². The van der Waals surface area contributed by atoms with Gasteiger partial charge in [0.15, 0.2) is 11.9 Å². The van der Waals surface area contributed by atoms with E-state index in [1.807, 2.05) is 32.1 Å². The Kier molecular flexibility index (Phi) is 10.5. The SMILES string of the molecule is C=C/C(=C\C=C(/C)F)n1c(CCCCC(=O)O)nc2cc(-c3cc(C(O)c4ccc(CC)c(/C=C\C)n4)on3)ccc2c1=O. The van der Waals surface area contributed by atoms with Crippen LogP contribution in [0.4, 0.5) is 4.39 Å². The van der Waals surface area contributed by atoms with E-state index in [2.05, 4.69) is 16.7 Å². The zero-order chi connectivity index (χ0) is 31.8. The first-order valence-electron chi connectivity index (χ1n) is 14.4. The number of aliphatic carboxylic acids is 1. The zero-order valence-electron chi connectivity index (χ0n) is 25.0. The van der Waals surface area contributed by atoms with Crippen LogP contribution in [0.1, 0.15) is 74.7 Å². The van der Waals surface area contributed by atoms with Crippen molar-refractivity contribution in [1.82, 2.24) is 19.7 Å². The summed E-state index contributed by atoms with van der Waals surface area (Å²) in [6, 6.07) is 10.4. The first kappa shape index (κ1) is 32.0. The van der Waals surface area contributed by atoms with E-state index in [1.165, 1.54) is 29.7 Å². The van der Waals surface area contributed by atoms with Crippen LogP contribution in [0.2, 0.25) is 0 Å². The van der Waals surface area contributed by atoms with E-state index in [4.69, 9.17) is 14.6 Å². The lowest BCUT2D eigenvalue weighted by molar-refractivity contribution is -0.137. The van der Waals surface area contributed by atoms with Gasteiger partial charge in [0.1, 0.15) is 11.5 Å². The molecule has 228 valence electrons. The van der Waals surface area contributed by atoms with Gasteiger partial charge in [-0.25, -0.2) is 14.4 Å². The quantitative estimate of drug-likeness (QED) is 0.127. The van der Waals surface area contributed by atoms with Crippen LogP contribution in [-0.2, 0) is 17.6 Å². The topological polar surface area (TPSA) is 131 Å². The lowest BCUT2D eigenvalue weighted by Crippen LogP contribution is -2.24. The standard InChI is InChI=1S/C34H35FN4O5/c1-5-10-26-22(6-2)15-18-27(36-26)33(42)30-20-28(38-44-30)23-14-17-25-29(19-23)37-31(11-8-9-12-32(40)41)39(34(25)43)24(7-3)16-13-21(4)35/h5,7,10,13-20,33,42H,3,6,8-9,11-12H2,1-2,4H3,(H,40,41)/b10-5-,21-13+,24-16+. The monoisotopic (exact) mass is 598 g/mol. The van der Waals surface area contributed by atoms with Gasteiger partial charge in [0, 0.05) is 30.2 Å². The van der Waals surface area contributed by atoms with Crippen molar-refractivity contribution in [2.45, 2.75) is 59.0 Å². The number of aliphatic hydroxyl groups is 1. The molecule has 3 aromatic heterocycles. The molecule has 4 rings (SSSR count). The van der Waals surface area contributed by atoms with Crippen molar-refractivity contribution < 1.29 is 23.9 Å². The summed E-state index contributed by atoms with van der Waals surface area (Å²) in [6.07, 6.45) is 8.75. The third kappa shape index (κ3) is 7.33. The molecule has 10 heteroatoms. The number of hydrogen-bond donors (Lipinski definition) is 2. The second-order valence-electron chi connectivity index (χ2n) is 10.2. The van der Waals surface area contributed by atoms with Gasteiger partial charge in [0.25, 0.3) is 5.56 Å². The molecule has 0 radical (unpaired) electrons. The highest BCUT2D eigenvalue weighted by Crippen LogP contribution is 2.28. The van der Waals surface area contributed by atoms with E-state index in [9.17, 15) is 19.1 Å². The van der Waals surface area contributed by atoms with E-state index in [0.29, 0.717) is 58.6 Å². The van der Waals surface area contributed by atoms with Crippen LogP contribution >= 0.6 is 0 Å². The molecule has 2 N–H and O–H groups in total. The summed E-state index contributed by atoms with van der Waals surface area (Å²) in [5, 5.41) is 24.5. The van der Waals surface area contributed by atoms with Crippen LogP contribution in [0.3, 0.4) is 0 Å². The maximum atomic E-state index is 13.7. The molecule has 1 aromatic carbocycles. The Bertz CT molecular complexity index is 1830. The number of carbonyl (C=O) groups is 1. The van der Waals surface area contributed by atoms with Gasteiger partial charge in [0.05, 0.1) is 28.1 Å². The third-order valence-corrected chi connectivity index (χ3v) is 7.04. The van der Waals surface area contributed by atoms with Crippen LogP contribution in [0.5, 0.6) is 0 Å². The first-order chi connectivity index (χ1) is 21.2. The van der Waals surface area contributed by atoms with Gasteiger partial charge in [-0.1, -0.05) is 36.9 Å². The third-order valence-electron chi connectivity index (χ3n) is 7.04. The molecule has 0 saturated heterocycles. The molecule has 0 aliphatic rings. The van der Waals surface area contributed by atoms with Crippen molar-refractivity contribution in [3.05, 3.63) is 112 Å². The van der Waals surface area contributed by atoms with Gasteiger partial charge in [-0.15, -0.1) is 0 Å². The number of halogens is 1. The number of rotatable bonds is 13. The highest BCUT2D eigenvalue weighted by Gasteiger charge is 2.20. The Hall–Kier alpha value is -4.96. The predicted octanol–water partition coefficient (Wildman–Crippen LogP) is 6.82. The number of pyridine rings is 1. The lowest BCUT2D eigenvalue weighted by Gasteiger charge is -2.14. The molecule has 0 spiro atoms. The minimum atomic E-state index is -1.14. The average molecular weight is 599 g/mol. The Morgan fingerprint density at radius 2 is 1.95 bits per heavy atom. The van der Waals surface area contributed by atoms with Gasteiger partial charge >= 0.3 is 5.97 Å². The molecule has 0 saturated carbocycles. The summed E-state index contributed by atoms with van der Waals surface area (Å²) in [7, 11) is 0. The van der Waals surface area contributed by atoms with Crippen molar-refractivity contribution in [3.8, 4) is 11.3 Å². The number of carboxylic acids is 1. The number of allylic oxidation sites excluding steroid dienone is 6. The number of unbranched alkanes of at least 4 members (excludes halogenated alkanes) is 1. The molecule has 4 aromatic rings. The van der Waals surface area contributed by atoms with Crippen molar-refractivity contribution in [3.63, 3.8) is 0 Å². The molecule has 0 aliphatic heterocycles. The number of aryl methyl sites for hydroxylation is 2. The normalized spacial score (nSPS) is 13.1. The highest BCUT2D eigenvalue weighted by molar-refractivity contribution is 5.84. The second-order valence-corrected chi connectivity index (χ2v) is 10.2. The van der Waals surface area contributed by atoms with Crippen molar-refractivity contribution in [2.24, 2.45) is 0 Å². The molecule has 44 heavy (non-hydrogen) atoms. The fraction of sp³-hybridized carbons (Fsp3) is 0.265. The number of fused-ring (bicyclic) bond motifs is 1. The van der Waals surface area contributed by atoms with E-state index >= 15 is 0 Å². The van der Waals surface area contributed by atoms with Crippen molar-refractivity contribution in [2.75, 3.05) is 0 Å². The minimum absolute atomic E-state index is 0.00880. The number of hydrogen-bond acceptors (Lipinski definition) is 7. The Balaban J connectivity index is 1.73. The number of aromatic nitrogens is 4. The van der Waals surface area contributed by atoms with E-state index in [1.54, 1.807) is 30.3 Å². The van der Waals surface area contributed by atoms with Crippen LogP contribution in [-0.4, -0.2) is 35.9 Å². The van der Waals surface area contributed by atoms with Crippen molar-refractivity contribution >= 4 is 28.6 Å². The maximum absolute atomic E-state index is 13.7. The zero-order valence-corrected chi connectivity index (χ0v) is 25.0. The van der Waals surface area contributed by atoms with E-state index in [0.717, 1.165) is 17.7 Å². The molecule has 0 aliphatic carbocycles. The highest BCUT2D eigenvalue weighted by atomic mass is 19.1. The molecule has 0 bridgehead atoms. The predicted molar refractivity (Wildman–Crippen MR) is 168 cm³/mol. The molecule has 1 atom stereocenters. The molecular weight excluding hydrogens is 563 g/mol. The summed E-state index contributed by atoms with van der Waals surface area (Å²) in [6.45, 7) is 9.02. The largest absolute Gasteiger partial charge is 0.481 e. The Labute approximate surface area is 254 Å². The average Bonchev–Trinajstić information content (AvgIpc) is 3.50. The van der Waals surface area contributed by atoms with Crippen LogP contribution in [0.25, 0.3) is 33.9 Å². The fourth-order valence-corrected chi connectivity index (χ4v) is 4.79. The molecule has 1 unspecified atom stereocenters. The summed E-state index contributed by atoms with van der Waals surface area (Å²) in [5.74, 6) is -0.751. The summed E-state index contributed by atoms with van der Waals surface area (Å²) < 4.78 is 20.4. The lowest BCUT2D eigenvalue weighted by atomic mass is 10.1. The second kappa shape index (κ2) is 14.5. The molecular formula is C34H35FN4O5. The van der Waals surface area contributed by atoms with E-state index in [-0.39, 0.29) is 17.7 Å². The molecule has 0 fully saturated rings. The molecule has 3 heterocycles. The number of benzene rings is 1. The number of carboxylic acid groups (broad SMARTS) is 1. The number of nitrogens with zero attached hydrogens (tertiary/aromatic N) is 4. The summed E-state index contributed by atoms with van der Waals surface area (Å²) >= 11 is 0. The molecule has 0 amide bonds. The summed E-state index contributed by atoms with van der Waals surface area (Å²) in [4.78, 5) is 34.1. The Morgan fingerprint density at radius 1 is 1.16 bits per heavy atom. The smallest absolute Gasteiger partial charge is 0.303 e. The maximum Gasteiger partial charge on any atom is 0.303 e. The minimum Gasteiger partial charge on any atom is -0.481 e. The van der Waals surface area contributed by atoms with E-state index < -0.39 is 17.9 Å².